The lowest BCUT2D eigenvalue weighted by molar-refractivity contribution is -0.134. The summed E-state index contributed by atoms with van der Waals surface area (Å²) in [5, 5.41) is 23.0. The highest BCUT2D eigenvalue weighted by atomic mass is 35.5. The van der Waals surface area contributed by atoms with Gasteiger partial charge < -0.3 is 31.1 Å². The molecule has 48 heavy (non-hydrogen) atoms. The fraction of sp³-hybridized carbons (Fsp3) is 0.568. The normalized spacial score (nSPS) is 20.9. The first kappa shape index (κ1) is 35.7. The second-order valence-electron chi connectivity index (χ2n) is 14.2. The number of hydrogen-bond donors (Lipinski definition) is 5. The van der Waals surface area contributed by atoms with E-state index in [0.29, 0.717) is 24.4 Å². The van der Waals surface area contributed by atoms with Crippen LogP contribution in [-0.2, 0) is 24.5 Å². The van der Waals surface area contributed by atoms with Gasteiger partial charge in [0.2, 0.25) is 11.8 Å². The van der Waals surface area contributed by atoms with Gasteiger partial charge in [-0.25, -0.2) is 4.79 Å². The lowest BCUT2D eigenvalue weighted by Crippen LogP contribution is -2.57. The SMILES string of the molecule is CC(C)(c1cccc(Cl)c1)C(OC(=O)N[C@@H](CC1CCCCC1)C(=O)N[C@@H](CC1CCNC1=O)C(O)C(=O)NC1CC1)c1ccccc1. The minimum atomic E-state index is -1.55. The number of amides is 4. The van der Waals surface area contributed by atoms with Gasteiger partial charge in [0, 0.05) is 28.9 Å². The van der Waals surface area contributed by atoms with Crippen LogP contribution in [0.15, 0.2) is 54.6 Å². The van der Waals surface area contributed by atoms with E-state index in [2.05, 4.69) is 21.3 Å². The smallest absolute Gasteiger partial charge is 0.408 e. The Hall–Kier alpha value is -3.63. The maximum absolute atomic E-state index is 14.1. The first-order chi connectivity index (χ1) is 23.0. The van der Waals surface area contributed by atoms with E-state index in [1.54, 1.807) is 6.07 Å². The number of alkyl carbamates (subject to hydrolysis) is 1. The molecule has 5 rings (SSSR count). The minimum Gasteiger partial charge on any atom is -0.440 e. The molecule has 2 aromatic carbocycles. The van der Waals surface area contributed by atoms with E-state index in [-0.39, 0.29) is 24.3 Å². The Balaban J connectivity index is 1.36. The quantitative estimate of drug-likeness (QED) is 0.188. The summed E-state index contributed by atoms with van der Waals surface area (Å²) < 4.78 is 6.19. The molecular formula is C37H49ClN4O6. The largest absolute Gasteiger partial charge is 0.440 e. The Labute approximate surface area is 288 Å². The molecule has 1 heterocycles. The zero-order valence-electron chi connectivity index (χ0n) is 27.9. The molecule has 0 radical (unpaired) electrons. The Morgan fingerprint density at radius 1 is 0.938 bits per heavy atom. The molecule has 5 atom stereocenters. The van der Waals surface area contributed by atoms with Gasteiger partial charge in [-0.15, -0.1) is 0 Å². The third kappa shape index (κ3) is 9.50. The van der Waals surface area contributed by atoms with Crippen LogP contribution in [0.5, 0.6) is 0 Å². The molecule has 2 saturated carbocycles. The summed E-state index contributed by atoms with van der Waals surface area (Å²) in [6, 6.07) is 14.9. The maximum atomic E-state index is 14.1. The van der Waals surface area contributed by atoms with Crippen LogP contribution < -0.4 is 21.3 Å². The first-order valence-electron chi connectivity index (χ1n) is 17.4. The molecule has 11 heteroatoms. The molecule has 2 aliphatic carbocycles. The number of aliphatic hydroxyl groups is 1. The van der Waals surface area contributed by atoms with Crippen molar-refractivity contribution in [3.05, 3.63) is 70.7 Å². The van der Waals surface area contributed by atoms with E-state index in [1.807, 2.05) is 62.4 Å². The van der Waals surface area contributed by atoms with Crippen molar-refractivity contribution >= 4 is 35.4 Å². The summed E-state index contributed by atoms with van der Waals surface area (Å²) in [5.41, 5.74) is 0.965. The molecule has 1 aliphatic heterocycles. The van der Waals surface area contributed by atoms with Crippen molar-refractivity contribution in [1.29, 1.82) is 0 Å². The lowest BCUT2D eigenvalue weighted by Gasteiger charge is -2.35. The average Bonchev–Trinajstić information content (AvgIpc) is 3.81. The summed E-state index contributed by atoms with van der Waals surface area (Å²) in [6.45, 7) is 4.46. The predicted octanol–water partition coefficient (Wildman–Crippen LogP) is 5.07. The molecule has 5 N–H and O–H groups in total. The zero-order chi connectivity index (χ0) is 34.3. The highest BCUT2D eigenvalue weighted by Gasteiger charge is 2.40. The molecule has 3 aliphatic rings. The van der Waals surface area contributed by atoms with E-state index < -0.39 is 53.5 Å². The third-order valence-electron chi connectivity index (χ3n) is 10.1. The van der Waals surface area contributed by atoms with E-state index in [1.165, 1.54) is 0 Å². The Kier molecular flexibility index (Phi) is 12.0. The summed E-state index contributed by atoms with van der Waals surface area (Å²) in [6.07, 6.45) is 4.78. The maximum Gasteiger partial charge on any atom is 0.408 e. The minimum absolute atomic E-state index is 0.0162. The zero-order valence-corrected chi connectivity index (χ0v) is 28.6. The third-order valence-corrected chi connectivity index (χ3v) is 10.3. The van der Waals surface area contributed by atoms with Crippen molar-refractivity contribution in [1.82, 2.24) is 21.3 Å². The van der Waals surface area contributed by atoms with Gasteiger partial charge in [-0.1, -0.05) is 100 Å². The van der Waals surface area contributed by atoms with Crippen LogP contribution in [0.4, 0.5) is 4.79 Å². The predicted molar refractivity (Wildman–Crippen MR) is 183 cm³/mol. The number of ether oxygens (including phenoxy) is 1. The van der Waals surface area contributed by atoms with Crippen LogP contribution in [0.2, 0.25) is 5.02 Å². The van der Waals surface area contributed by atoms with Crippen molar-refractivity contribution in [2.24, 2.45) is 11.8 Å². The number of carbonyl (C=O) groups excluding carboxylic acids is 4. The lowest BCUT2D eigenvalue weighted by atomic mass is 9.76. The van der Waals surface area contributed by atoms with Crippen molar-refractivity contribution in [3.63, 3.8) is 0 Å². The molecule has 3 fully saturated rings. The molecule has 1 saturated heterocycles. The number of carbonyl (C=O) groups is 4. The molecule has 4 amide bonds. The number of rotatable bonds is 14. The molecule has 2 aromatic rings. The van der Waals surface area contributed by atoms with Gasteiger partial charge in [-0.05, 0) is 61.3 Å². The standard InChI is InChI=1S/C37H49ClN4O6/c1-37(2,26-14-9-15-27(38)22-26)32(24-12-7-4-8-13-24)48-36(47)42-30(20-23-10-5-3-6-11-23)34(45)41-29(21-25-18-19-39-33(25)44)31(43)35(46)40-28-16-17-28/h4,7-9,12-15,22-23,25,28-32,43H,3,5-6,10-11,16-21H2,1-2H3,(H,39,44)(H,40,46)(H,41,45)(H,42,47)/t25?,29-,30-,31?,32?/m0/s1. The van der Waals surface area contributed by atoms with Crippen LogP contribution in [0, 0.1) is 11.8 Å². The molecule has 0 aromatic heterocycles. The number of halogens is 1. The highest BCUT2D eigenvalue weighted by Crippen LogP contribution is 2.40. The van der Waals surface area contributed by atoms with Crippen LogP contribution in [0.3, 0.4) is 0 Å². The summed E-state index contributed by atoms with van der Waals surface area (Å²) in [4.78, 5) is 53.2. The molecule has 10 nitrogen and oxygen atoms in total. The van der Waals surface area contributed by atoms with Gasteiger partial charge in [-0.3, -0.25) is 14.4 Å². The molecule has 0 spiro atoms. The van der Waals surface area contributed by atoms with E-state index in [4.69, 9.17) is 16.3 Å². The van der Waals surface area contributed by atoms with Gasteiger partial charge in [0.25, 0.3) is 5.91 Å². The van der Waals surface area contributed by atoms with Gasteiger partial charge in [-0.2, -0.15) is 0 Å². The van der Waals surface area contributed by atoms with E-state index in [0.717, 1.165) is 56.1 Å². The Morgan fingerprint density at radius 2 is 1.67 bits per heavy atom. The topological polar surface area (TPSA) is 146 Å². The summed E-state index contributed by atoms with van der Waals surface area (Å²) in [7, 11) is 0. The van der Waals surface area contributed by atoms with Gasteiger partial charge >= 0.3 is 6.09 Å². The fourth-order valence-corrected chi connectivity index (χ4v) is 7.19. The van der Waals surface area contributed by atoms with Crippen LogP contribution in [0.25, 0.3) is 0 Å². The van der Waals surface area contributed by atoms with Crippen LogP contribution in [-0.4, -0.2) is 59.7 Å². The second kappa shape index (κ2) is 16.2. The summed E-state index contributed by atoms with van der Waals surface area (Å²) in [5.74, 6) is -1.51. The fourth-order valence-electron chi connectivity index (χ4n) is 6.99. The molecule has 0 bridgehead atoms. The second-order valence-corrected chi connectivity index (χ2v) is 14.7. The van der Waals surface area contributed by atoms with Gasteiger partial charge in [0.1, 0.15) is 12.1 Å². The highest BCUT2D eigenvalue weighted by molar-refractivity contribution is 6.30. The monoisotopic (exact) mass is 680 g/mol. The van der Waals surface area contributed by atoms with Gasteiger partial charge in [0.15, 0.2) is 6.10 Å². The van der Waals surface area contributed by atoms with E-state index >= 15 is 0 Å². The molecule has 260 valence electrons. The average molecular weight is 681 g/mol. The van der Waals surface area contributed by atoms with Crippen molar-refractivity contribution in [3.8, 4) is 0 Å². The molecule has 3 unspecified atom stereocenters. The van der Waals surface area contributed by atoms with Crippen molar-refractivity contribution in [2.45, 2.75) is 114 Å². The van der Waals surface area contributed by atoms with E-state index in [9.17, 15) is 24.3 Å². The number of benzene rings is 2. The van der Waals surface area contributed by atoms with Crippen molar-refractivity contribution in [2.75, 3.05) is 6.54 Å². The Bertz CT molecular complexity index is 1430. The van der Waals surface area contributed by atoms with Crippen LogP contribution >= 0.6 is 11.6 Å². The number of nitrogens with one attached hydrogen (secondary N) is 4. The molecular weight excluding hydrogens is 632 g/mol. The Morgan fingerprint density at radius 3 is 2.31 bits per heavy atom. The van der Waals surface area contributed by atoms with Crippen LogP contribution in [0.1, 0.15) is 95.3 Å². The number of hydrogen-bond acceptors (Lipinski definition) is 6. The number of aliphatic hydroxyl groups excluding tert-OH is 1. The first-order valence-corrected chi connectivity index (χ1v) is 17.7. The summed E-state index contributed by atoms with van der Waals surface area (Å²) >= 11 is 6.35. The van der Waals surface area contributed by atoms with Gasteiger partial charge in [0.05, 0.1) is 6.04 Å². The van der Waals surface area contributed by atoms with Crippen molar-refractivity contribution < 1.29 is 29.0 Å².